The Morgan fingerprint density at radius 1 is 0.530 bits per heavy atom. The van der Waals surface area contributed by atoms with E-state index in [0.717, 1.165) is 57.4 Å². The lowest BCUT2D eigenvalue weighted by molar-refractivity contribution is -0.137. The summed E-state index contributed by atoms with van der Waals surface area (Å²) >= 11 is 0. The van der Waals surface area contributed by atoms with E-state index < -0.39 is 35.4 Å². The van der Waals surface area contributed by atoms with Crippen LogP contribution in [0.5, 0.6) is 5.75 Å². The standard InChI is InChI=1S/C79H105N19O19/c1-50(48-108-9)98-72-57-42-65(109-10)58(71-51(2)91-117-52(71)3)41-59(57)84-43-60(72)88-73(98)53-16-23-97(24-17-53)70(102)49-116-37-36-115-35-34-114-33-32-113-31-30-112-29-28-111-27-26-110-25-21-80-67(99)13-18-81-75(103)62-38-54(44-93(62)5)85-68(100)14-19-82-77(105)64-40-56(46-95(64)7)87-79(107)74-90-66(47-96(74)8)89-69(101)15-20-83-76(104)63-39-55(45-94(63)6)86-78(106)61-12-11-22-92(61)4/h11-12,22,38-47,50,53H,13-21,23-37,48-49H2,1-10H3,(H,80,99)(H,81,103)(H,82,105)(H,83,104)(H,85,100)(H,86,106)(H,87,107)(H,89,101)/t50-/m1/s1. The van der Waals surface area contributed by atoms with Gasteiger partial charge in [0.2, 0.25) is 29.5 Å². The van der Waals surface area contributed by atoms with Gasteiger partial charge in [-0.1, -0.05) is 5.16 Å². The fourth-order valence-electron chi connectivity index (χ4n) is 13.4. The number of amides is 9. The number of carbonyl (C=O) groups is 9. The summed E-state index contributed by atoms with van der Waals surface area (Å²) in [6, 6.07) is 11.9. The first-order chi connectivity index (χ1) is 56.5. The van der Waals surface area contributed by atoms with Crippen LogP contribution in [0.15, 0.2) is 84.2 Å². The molecule has 0 spiro atoms. The van der Waals surface area contributed by atoms with E-state index in [1.807, 2.05) is 37.1 Å². The van der Waals surface area contributed by atoms with Crippen molar-refractivity contribution >= 4 is 98.0 Å². The first-order valence-corrected chi connectivity index (χ1v) is 38.6. The molecule has 8 aromatic heterocycles. The average molecular weight is 1620 g/mol. The van der Waals surface area contributed by atoms with Gasteiger partial charge < -0.3 is 122 Å². The molecule has 1 atom stereocenters. The zero-order chi connectivity index (χ0) is 83.5. The van der Waals surface area contributed by atoms with Crippen LogP contribution >= 0.6 is 0 Å². The second-order valence-corrected chi connectivity index (χ2v) is 27.9. The number of ether oxygens (including phenoxy) is 9. The van der Waals surface area contributed by atoms with Gasteiger partial charge in [-0.15, -0.1) is 0 Å². The van der Waals surface area contributed by atoms with E-state index in [1.165, 1.54) is 44.3 Å². The number of nitrogens with zero attached hydrogens (tertiary/aromatic N) is 11. The molecule has 10 rings (SSSR count). The van der Waals surface area contributed by atoms with Gasteiger partial charge >= 0.3 is 0 Å². The summed E-state index contributed by atoms with van der Waals surface area (Å²) in [5, 5.41) is 26.7. The molecule has 1 aromatic carbocycles. The molecular weight excluding hydrogens is 1520 g/mol. The monoisotopic (exact) mass is 1620 g/mol. The maximum atomic E-state index is 13.3. The Balaban J connectivity index is 0.488. The van der Waals surface area contributed by atoms with Gasteiger partial charge in [-0.25, -0.2) is 9.97 Å². The minimum atomic E-state index is -0.631. The van der Waals surface area contributed by atoms with Gasteiger partial charge in [0, 0.05) is 149 Å². The zero-order valence-corrected chi connectivity index (χ0v) is 67.7. The van der Waals surface area contributed by atoms with Crippen LogP contribution in [0, 0.1) is 13.8 Å². The number of imidazole rings is 2. The number of benzene rings is 1. The van der Waals surface area contributed by atoms with Crippen molar-refractivity contribution in [3.63, 3.8) is 0 Å². The van der Waals surface area contributed by atoms with E-state index >= 15 is 0 Å². The van der Waals surface area contributed by atoms with Crippen molar-refractivity contribution in [2.24, 2.45) is 35.2 Å². The number of hydrogen-bond acceptors (Lipinski definition) is 23. The number of rotatable bonds is 47. The van der Waals surface area contributed by atoms with E-state index in [1.54, 1.807) is 89.3 Å². The third-order valence-corrected chi connectivity index (χ3v) is 19.2. The summed E-state index contributed by atoms with van der Waals surface area (Å²) in [6.45, 7) is 12.4. The third kappa shape index (κ3) is 24.5. The second-order valence-electron chi connectivity index (χ2n) is 27.9. The Bertz CT molecular complexity index is 4880. The summed E-state index contributed by atoms with van der Waals surface area (Å²) in [7, 11) is 11.6. The highest BCUT2D eigenvalue weighted by Gasteiger charge is 2.31. The number of piperidine rings is 1. The van der Waals surface area contributed by atoms with Gasteiger partial charge in [-0.3, -0.25) is 48.1 Å². The molecule has 0 saturated carbocycles. The zero-order valence-electron chi connectivity index (χ0n) is 67.7. The SMILES string of the molecule is COC[C@@H](C)n1c(C2CCN(C(=O)COCCOCCOCCOCCOCCOCCOCCNC(=O)CCNC(=O)c3cc(NC(=O)CCNC(=O)c4cc(NC(=O)c5nc(NC(=O)CCNC(=O)c6cc(NC(=O)c7cccn7C)cn6C)cn5C)cn4C)cn3C)CC2)nc2cnc3cc(-c4c(C)noc4C)c(OC)cc3c21. The third-order valence-electron chi connectivity index (χ3n) is 19.2. The van der Waals surface area contributed by atoms with Crippen molar-refractivity contribution in [3.8, 4) is 16.9 Å². The Kier molecular flexibility index (Phi) is 32.5. The predicted molar refractivity (Wildman–Crippen MR) is 429 cm³/mol. The van der Waals surface area contributed by atoms with Crippen molar-refractivity contribution in [2.75, 3.05) is 174 Å². The minimum absolute atomic E-state index is 0.0181. The number of nitrogens with one attached hydrogen (secondary N) is 8. The van der Waals surface area contributed by atoms with Crippen LogP contribution in [0.2, 0.25) is 0 Å². The van der Waals surface area contributed by atoms with Crippen LogP contribution in [-0.4, -0.2) is 258 Å². The van der Waals surface area contributed by atoms with Gasteiger partial charge in [-0.05, 0) is 76.1 Å². The van der Waals surface area contributed by atoms with Crippen LogP contribution in [0.3, 0.4) is 0 Å². The number of methoxy groups -OCH3 is 2. The molecule has 630 valence electrons. The highest BCUT2D eigenvalue weighted by atomic mass is 16.6. The van der Waals surface area contributed by atoms with E-state index in [-0.39, 0.29) is 129 Å². The van der Waals surface area contributed by atoms with E-state index in [4.69, 9.17) is 57.1 Å². The molecule has 1 aliphatic rings. The van der Waals surface area contributed by atoms with Crippen LogP contribution in [0.25, 0.3) is 33.1 Å². The van der Waals surface area contributed by atoms with Gasteiger partial charge in [0.25, 0.3) is 29.5 Å². The Labute approximate surface area is 675 Å². The summed E-state index contributed by atoms with van der Waals surface area (Å²) in [4.78, 5) is 133. The molecule has 1 aliphatic heterocycles. The van der Waals surface area contributed by atoms with Crippen LogP contribution < -0.4 is 47.3 Å². The molecule has 38 heteroatoms. The quantitative estimate of drug-likeness (QED) is 0.0234. The number of pyridine rings is 1. The summed E-state index contributed by atoms with van der Waals surface area (Å²) in [5.41, 5.74) is 7.23. The maximum Gasteiger partial charge on any atom is 0.291 e. The lowest BCUT2D eigenvalue weighted by Gasteiger charge is -2.32. The van der Waals surface area contributed by atoms with E-state index in [0.29, 0.717) is 121 Å². The topological polar surface area (TPSA) is 430 Å². The van der Waals surface area contributed by atoms with Crippen LogP contribution in [-0.2, 0) is 92.3 Å². The molecule has 9 amide bonds. The highest BCUT2D eigenvalue weighted by Crippen LogP contribution is 2.41. The van der Waals surface area contributed by atoms with Gasteiger partial charge in [0.05, 0.1) is 151 Å². The first kappa shape index (κ1) is 87.7. The van der Waals surface area contributed by atoms with Crippen molar-refractivity contribution in [1.29, 1.82) is 0 Å². The molecule has 9 aromatic rings. The van der Waals surface area contributed by atoms with E-state index in [2.05, 4.69) is 64.2 Å². The lowest BCUT2D eigenvalue weighted by Crippen LogP contribution is -2.40. The fraction of sp³-hybridized carbons (Fsp3) is 0.481. The summed E-state index contributed by atoms with van der Waals surface area (Å²) in [6.07, 6.45) is 11.0. The van der Waals surface area contributed by atoms with Crippen molar-refractivity contribution in [3.05, 3.63) is 126 Å². The maximum absolute atomic E-state index is 13.3. The number of aryl methyl sites for hydroxylation is 7. The van der Waals surface area contributed by atoms with Crippen LogP contribution in [0.4, 0.5) is 22.9 Å². The summed E-state index contributed by atoms with van der Waals surface area (Å²) < 4.78 is 66.2. The number of fused-ring (bicyclic) bond motifs is 3. The molecule has 8 N–H and O–H groups in total. The predicted octanol–water partition coefficient (Wildman–Crippen LogP) is 4.94. The molecule has 0 bridgehead atoms. The molecule has 0 aliphatic carbocycles. The first-order valence-electron chi connectivity index (χ1n) is 38.6. The Morgan fingerprint density at radius 3 is 1.56 bits per heavy atom. The largest absolute Gasteiger partial charge is 0.496 e. The second kappa shape index (κ2) is 43.3. The van der Waals surface area contributed by atoms with Gasteiger partial charge in [0.1, 0.15) is 52.2 Å². The van der Waals surface area contributed by atoms with Crippen molar-refractivity contribution < 1.29 is 90.3 Å². The molecule has 0 radical (unpaired) electrons. The smallest absolute Gasteiger partial charge is 0.291 e. The van der Waals surface area contributed by atoms with Crippen LogP contribution in [0.1, 0.15) is 121 Å². The number of carbonyl (C=O) groups excluding carboxylic acids is 9. The molecule has 0 unspecified atom stereocenters. The molecule has 9 heterocycles. The number of aromatic nitrogens is 10. The Morgan fingerprint density at radius 2 is 1.04 bits per heavy atom. The average Bonchev–Trinajstić information content (AvgIpc) is 1.60. The van der Waals surface area contributed by atoms with E-state index in [9.17, 15) is 43.2 Å². The van der Waals surface area contributed by atoms with Crippen molar-refractivity contribution in [2.45, 2.75) is 64.8 Å². The molecule has 38 nitrogen and oxygen atoms in total. The lowest BCUT2D eigenvalue weighted by atomic mass is 9.95. The van der Waals surface area contributed by atoms with Crippen molar-refractivity contribution in [1.82, 2.24) is 73.7 Å². The highest BCUT2D eigenvalue weighted by molar-refractivity contribution is 6.07. The Hall–Kier alpha value is -11.7. The fourth-order valence-corrected chi connectivity index (χ4v) is 13.4. The number of anilines is 4. The van der Waals surface area contributed by atoms with Gasteiger partial charge in [0.15, 0.2) is 5.82 Å². The molecule has 1 fully saturated rings. The normalized spacial score (nSPS) is 12.6. The molecule has 117 heavy (non-hydrogen) atoms. The summed E-state index contributed by atoms with van der Waals surface area (Å²) in [5.74, 6) is -1.16. The number of hydrogen-bond donors (Lipinski definition) is 8. The van der Waals surface area contributed by atoms with Gasteiger partial charge in [-0.2, -0.15) is 0 Å². The number of likely N-dealkylation sites (tertiary alicyclic amines) is 1. The minimum Gasteiger partial charge on any atom is -0.496 e. The molecule has 1 saturated heterocycles. The molecular formula is C79H105N19O19.